The van der Waals surface area contributed by atoms with Gasteiger partial charge in [0.2, 0.25) is 5.91 Å². The van der Waals surface area contributed by atoms with E-state index in [2.05, 4.69) is 13.8 Å². The molecule has 0 aliphatic carbocycles. The van der Waals surface area contributed by atoms with Crippen molar-refractivity contribution >= 4 is 5.91 Å². The molecule has 1 aromatic rings. The Hall–Kier alpha value is -1.55. The lowest BCUT2D eigenvalue weighted by atomic mass is 10.1. The van der Waals surface area contributed by atoms with Gasteiger partial charge in [0.05, 0.1) is 13.0 Å². The summed E-state index contributed by atoms with van der Waals surface area (Å²) < 4.78 is 5.62. The van der Waals surface area contributed by atoms with E-state index in [0.29, 0.717) is 19.6 Å². The molecule has 1 fully saturated rings. The van der Waals surface area contributed by atoms with Crippen LogP contribution < -0.4 is 10.5 Å². The van der Waals surface area contributed by atoms with Crippen LogP contribution in [0.3, 0.4) is 0 Å². The van der Waals surface area contributed by atoms with Crippen molar-refractivity contribution in [2.24, 2.45) is 5.73 Å². The molecule has 1 amide bonds. The van der Waals surface area contributed by atoms with Crippen LogP contribution in [0, 0.1) is 13.8 Å². The normalized spacial score (nSPS) is 18.7. The van der Waals surface area contributed by atoms with Crippen molar-refractivity contribution in [3.05, 3.63) is 29.3 Å². The minimum absolute atomic E-state index is 0.136. The minimum Gasteiger partial charge on any atom is -0.493 e. The van der Waals surface area contributed by atoms with Crippen LogP contribution in [0.2, 0.25) is 0 Å². The zero-order valence-electron chi connectivity index (χ0n) is 11.7. The number of carbonyl (C=O) groups excluding carboxylic acids is 1. The largest absolute Gasteiger partial charge is 0.493 e. The average molecular weight is 262 g/mol. The van der Waals surface area contributed by atoms with Gasteiger partial charge in [0, 0.05) is 19.1 Å². The van der Waals surface area contributed by atoms with Crippen molar-refractivity contribution in [1.29, 1.82) is 0 Å². The molecule has 2 N–H and O–H groups in total. The van der Waals surface area contributed by atoms with E-state index in [4.69, 9.17) is 10.5 Å². The number of hydrogen-bond acceptors (Lipinski definition) is 3. The van der Waals surface area contributed by atoms with Crippen molar-refractivity contribution in [3.63, 3.8) is 0 Å². The predicted molar refractivity (Wildman–Crippen MR) is 75.2 cm³/mol. The van der Waals surface area contributed by atoms with Gasteiger partial charge in [-0.05, 0) is 43.5 Å². The lowest BCUT2D eigenvalue weighted by Gasteiger charge is -2.16. The molecular formula is C15H22N2O2. The van der Waals surface area contributed by atoms with Gasteiger partial charge in [-0.1, -0.05) is 6.07 Å². The summed E-state index contributed by atoms with van der Waals surface area (Å²) in [5.74, 6) is 0.964. The molecule has 1 saturated heterocycles. The van der Waals surface area contributed by atoms with Crippen molar-refractivity contribution < 1.29 is 9.53 Å². The molecule has 2 rings (SSSR count). The van der Waals surface area contributed by atoms with Gasteiger partial charge in [0.25, 0.3) is 0 Å². The molecule has 0 radical (unpaired) electrons. The summed E-state index contributed by atoms with van der Waals surface area (Å²) >= 11 is 0. The quantitative estimate of drug-likeness (QED) is 0.897. The van der Waals surface area contributed by atoms with E-state index in [9.17, 15) is 4.79 Å². The number of nitrogens with two attached hydrogens (primary N) is 1. The van der Waals surface area contributed by atoms with E-state index in [1.807, 2.05) is 23.1 Å². The molecule has 0 aromatic heterocycles. The summed E-state index contributed by atoms with van der Waals surface area (Å²) in [7, 11) is 0. The monoisotopic (exact) mass is 262 g/mol. The summed E-state index contributed by atoms with van der Waals surface area (Å²) in [5, 5.41) is 0. The van der Waals surface area contributed by atoms with Crippen LogP contribution in [-0.4, -0.2) is 36.5 Å². The first kappa shape index (κ1) is 13.9. The molecule has 0 unspecified atom stereocenters. The van der Waals surface area contributed by atoms with E-state index in [-0.39, 0.29) is 11.9 Å². The third-order valence-corrected chi connectivity index (χ3v) is 3.64. The van der Waals surface area contributed by atoms with Gasteiger partial charge in [-0.3, -0.25) is 4.79 Å². The lowest BCUT2D eigenvalue weighted by molar-refractivity contribution is -0.130. The first-order valence-electron chi connectivity index (χ1n) is 6.79. The third kappa shape index (κ3) is 3.70. The van der Waals surface area contributed by atoms with Gasteiger partial charge in [-0.25, -0.2) is 0 Å². The van der Waals surface area contributed by atoms with Crippen molar-refractivity contribution in [2.75, 3.05) is 19.7 Å². The number of aryl methyl sites for hydroxylation is 2. The summed E-state index contributed by atoms with van der Waals surface area (Å²) in [5.41, 5.74) is 8.24. The third-order valence-electron chi connectivity index (χ3n) is 3.64. The van der Waals surface area contributed by atoms with Crippen LogP contribution in [0.1, 0.15) is 24.0 Å². The van der Waals surface area contributed by atoms with Gasteiger partial charge < -0.3 is 15.4 Å². The highest BCUT2D eigenvalue weighted by molar-refractivity contribution is 5.76. The second-order valence-corrected chi connectivity index (χ2v) is 5.23. The van der Waals surface area contributed by atoms with Gasteiger partial charge in [-0.15, -0.1) is 0 Å². The summed E-state index contributed by atoms with van der Waals surface area (Å²) in [4.78, 5) is 13.7. The Labute approximate surface area is 114 Å². The Balaban J connectivity index is 1.77. The Kier molecular flexibility index (Phi) is 4.43. The van der Waals surface area contributed by atoms with E-state index in [1.54, 1.807) is 0 Å². The van der Waals surface area contributed by atoms with Crippen LogP contribution in [0.4, 0.5) is 0 Å². The molecule has 4 nitrogen and oxygen atoms in total. The molecule has 1 aromatic carbocycles. The Morgan fingerprint density at radius 1 is 1.42 bits per heavy atom. The van der Waals surface area contributed by atoms with E-state index in [0.717, 1.165) is 18.7 Å². The first-order chi connectivity index (χ1) is 9.06. The Bertz CT molecular complexity index is 459. The maximum Gasteiger partial charge on any atom is 0.226 e. The van der Waals surface area contributed by atoms with Crippen molar-refractivity contribution in [1.82, 2.24) is 4.90 Å². The summed E-state index contributed by atoms with van der Waals surface area (Å²) in [6.45, 7) is 6.01. The topological polar surface area (TPSA) is 55.6 Å². The Morgan fingerprint density at radius 3 is 2.84 bits per heavy atom. The van der Waals surface area contributed by atoms with Crippen LogP contribution in [0.15, 0.2) is 18.2 Å². The van der Waals surface area contributed by atoms with Gasteiger partial charge >= 0.3 is 0 Å². The molecule has 1 aliphatic rings. The van der Waals surface area contributed by atoms with Crippen LogP contribution in [0.5, 0.6) is 5.75 Å². The van der Waals surface area contributed by atoms with Gasteiger partial charge in [0.1, 0.15) is 5.75 Å². The molecule has 0 saturated carbocycles. The number of rotatable bonds is 4. The smallest absolute Gasteiger partial charge is 0.226 e. The highest BCUT2D eigenvalue weighted by atomic mass is 16.5. The van der Waals surface area contributed by atoms with Crippen molar-refractivity contribution in [2.45, 2.75) is 32.7 Å². The molecule has 0 bridgehead atoms. The Morgan fingerprint density at radius 2 is 2.21 bits per heavy atom. The van der Waals surface area contributed by atoms with Crippen LogP contribution in [0.25, 0.3) is 0 Å². The average Bonchev–Trinajstić information content (AvgIpc) is 2.80. The molecule has 4 heteroatoms. The maximum absolute atomic E-state index is 11.9. The number of nitrogens with zero attached hydrogens (tertiary/aromatic N) is 1. The number of amides is 1. The molecule has 104 valence electrons. The number of ether oxygens (including phenoxy) is 1. The molecule has 1 aliphatic heterocycles. The minimum atomic E-state index is 0.136. The van der Waals surface area contributed by atoms with E-state index < -0.39 is 0 Å². The zero-order valence-corrected chi connectivity index (χ0v) is 11.7. The van der Waals surface area contributed by atoms with Crippen molar-refractivity contribution in [3.8, 4) is 5.75 Å². The first-order valence-corrected chi connectivity index (χ1v) is 6.79. The number of likely N-dealkylation sites (tertiary alicyclic amines) is 1. The lowest BCUT2D eigenvalue weighted by Crippen LogP contribution is -2.32. The fraction of sp³-hybridized carbons (Fsp3) is 0.533. The fourth-order valence-corrected chi connectivity index (χ4v) is 2.23. The summed E-state index contributed by atoms with van der Waals surface area (Å²) in [6, 6.07) is 6.13. The SMILES string of the molecule is Cc1ccc(OCCC(=O)N2CC[C@H](N)C2)cc1C. The van der Waals surface area contributed by atoms with E-state index >= 15 is 0 Å². The predicted octanol–water partition coefficient (Wildman–Crippen LogP) is 1.63. The summed E-state index contributed by atoms with van der Waals surface area (Å²) in [6.07, 6.45) is 1.32. The number of carbonyl (C=O) groups is 1. The van der Waals surface area contributed by atoms with Gasteiger partial charge in [-0.2, -0.15) is 0 Å². The molecule has 0 spiro atoms. The number of hydrogen-bond donors (Lipinski definition) is 1. The molecule has 1 atom stereocenters. The molecule has 1 heterocycles. The van der Waals surface area contributed by atoms with E-state index in [1.165, 1.54) is 11.1 Å². The molecular weight excluding hydrogens is 240 g/mol. The molecule has 19 heavy (non-hydrogen) atoms. The fourth-order valence-electron chi connectivity index (χ4n) is 2.23. The second-order valence-electron chi connectivity index (χ2n) is 5.23. The zero-order chi connectivity index (χ0) is 13.8. The highest BCUT2D eigenvalue weighted by Crippen LogP contribution is 2.17. The highest BCUT2D eigenvalue weighted by Gasteiger charge is 2.23. The maximum atomic E-state index is 11.9. The van der Waals surface area contributed by atoms with Crippen LogP contribution >= 0.6 is 0 Å². The second kappa shape index (κ2) is 6.06. The standard InChI is InChI=1S/C15H22N2O2/c1-11-3-4-14(9-12(11)2)19-8-6-15(18)17-7-5-13(16)10-17/h3-4,9,13H,5-8,10,16H2,1-2H3/t13-/m0/s1. The number of benzene rings is 1. The van der Waals surface area contributed by atoms with Crippen LogP contribution in [-0.2, 0) is 4.79 Å². The van der Waals surface area contributed by atoms with Gasteiger partial charge in [0.15, 0.2) is 0 Å².